The second-order valence-electron chi connectivity index (χ2n) is 3.85. The van der Waals surface area contributed by atoms with Gasteiger partial charge in [0.15, 0.2) is 11.6 Å². The highest BCUT2D eigenvalue weighted by molar-refractivity contribution is 5.23. The molecule has 2 N–H and O–H groups in total. The molecule has 0 saturated heterocycles. The zero-order valence-electron chi connectivity index (χ0n) is 9.11. The van der Waals surface area contributed by atoms with Crippen LogP contribution in [0, 0.1) is 11.6 Å². The normalized spacial score (nSPS) is 12.4. The molecule has 1 heterocycles. The zero-order valence-corrected chi connectivity index (χ0v) is 9.11. The van der Waals surface area contributed by atoms with E-state index >= 15 is 0 Å². The molecule has 4 heteroatoms. The first-order chi connectivity index (χ1) is 8.16. The molecule has 17 heavy (non-hydrogen) atoms. The predicted molar refractivity (Wildman–Crippen MR) is 61.2 cm³/mol. The topological polar surface area (TPSA) is 38.9 Å². The number of hydrogen-bond acceptors (Lipinski definition) is 2. The van der Waals surface area contributed by atoms with E-state index in [1.54, 1.807) is 12.4 Å². The minimum Gasteiger partial charge on any atom is -0.324 e. The van der Waals surface area contributed by atoms with Gasteiger partial charge in [-0.1, -0.05) is 12.1 Å². The number of pyridine rings is 1. The monoisotopic (exact) mass is 234 g/mol. The molecule has 2 aromatic rings. The Morgan fingerprint density at radius 2 is 2.00 bits per heavy atom. The lowest BCUT2D eigenvalue weighted by molar-refractivity contribution is 0.505. The van der Waals surface area contributed by atoms with Gasteiger partial charge in [-0.15, -0.1) is 0 Å². The predicted octanol–water partition coefficient (Wildman–Crippen LogP) is 2.60. The fraction of sp³-hybridized carbons (Fsp3) is 0.154. The first-order valence-corrected chi connectivity index (χ1v) is 5.26. The van der Waals surface area contributed by atoms with Crippen molar-refractivity contribution in [3.05, 3.63) is 65.5 Å². The van der Waals surface area contributed by atoms with Gasteiger partial charge in [-0.25, -0.2) is 8.78 Å². The standard InChI is InChI=1S/C13H12F2N2/c14-11-4-3-10(7-12(11)15)13(16)6-9-2-1-5-17-8-9/h1-5,7-8,13H,6,16H2. The van der Waals surface area contributed by atoms with Gasteiger partial charge in [0.2, 0.25) is 0 Å². The van der Waals surface area contributed by atoms with Crippen molar-refractivity contribution in [3.63, 3.8) is 0 Å². The van der Waals surface area contributed by atoms with E-state index in [0.717, 1.165) is 17.7 Å². The quantitative estimate of drug-likeness (QED) is 0.886. The van der Waals surface area contributed by atoms with E-state index in [9.17, 15) is 8.78 Å². The fourth-order valence-corrected chi connectivity index (χ4v) is 1.63. The maximum Gasteiger partial charge on any atom is 0.159 e. The number of halogens is 2. The molecule has 0 aliphatic carbocycles. The van der Waals surface area contributed by atoms with Gasteiger partial charge in [-0.2, -0.15) is 0 Å². The number of nitrogens with two attached hydrogens (primary N) is 1. The van der Waals surface area contributed by atoms with Gasteiger partial charge in [-0.3, -0.25) is 4.98 Å². The first kappa shape index (κ1) is 11.7. The number of benzene rings is 1. The lowest BCUT2D eigenvalue weighted by Crippen LogP contribution is -2.13. The fourth-order valence-electron chi connectivity index (χ4n) is 1.63. The molecule has 0 saturated carbocycles. The smallest absolute Gasteiger partial charge is 0.159 e. The summed E-state index contributed by atoms with van der Waals surface area (Å²) in [4.78, 5) is 3.97. The Bertz CT molecular complexity index is 500. The van der Waals surface area contributed by atoms with E-state index < -0.39 is 11.6 Å². The Hall–Kier alpha value is -1.81. The highest BCUT2D eigenvalue weighted by Crippen LogP contribution is 2.18. The number of hydrogen-bond donors (Lipinski definition) is 1. The summed E-state index contributed by atoms with van der Waals surface area (Å²) >= 11 is 0. The molecule has 0 fully saturated rings. The van der Waals surface area contributed by atoms with Crippen molar-refractivity contribution >= 4 is 0 Å². The second kappa shape index (κ2) is 5.01. The van der Waals surface area contributed by atoms with Crippen molar-refractivity contribution < 1.29 is 8.78 Å². The third-order valence-electron chi connectivity index (χ3n) is 2.55. The summed E-state index contributed by atoms with van der Waals surface area (Å²) in [7, 11) is 0. The number of nitrogens with zero attached hydrogens (tertiary/aromatic N) is 1. The molecule has 1 atom stereocenters. The molecule has 1 aromatic heterocycles. The van der Waals surface area contributed by atoms with Crippen LogP contribution in [0.15, 0.2) is 42.7 Å². The van der Waals surface area contributed by atoms with Crippen LogP contribution in [-0.2, 0) is 6.42 Å². The Morgan fingerprint density at radius 3 is 2.65 bits per heavy atom. The van der Waals surface area contributed by atoms with Crippen LogP contribution in [0.5, 0.6) is 0 Å². The van der Waals surface area contributed by atoms with Gasteiger partial charge in [0, 0.05) is 18.4 Å². The summed E-state index contributed by atoms with van der Waals surface area (Å²) in [5, 5.41) is 0. The second-order valence-corrected chi connectivity index (χ2v) is 3.85. The SMILES string of the molecule is NC(Cc1cccnc1)c1ccc(F)c(F)c1. The summed E-state index contributed by atoms with van der Waals surface area (Å²) in [6.45, 7) is 0. The molecule has 2 rings (SSSR count). The van der Waals surface area contributed by atoms with Gasteiger partial charge in [0.05, 0.1) is 0 Å². The molecule has 0 bridgehead atoms. The summed E-state index contributed by atoms with van der Waals surface area (Å²) < 4.78 is 25.8. The molecule has 0 spiro atoms. The van der Waals surface area contributed by atoms with Crippen molar-refractivity contribution in [2.75, 3.05) is 0 Å². The van der Waals surface area contributed by atoms with E-state index in [1.807, 2.05) is 12.1 Å². The third-order valence-corrected chi connectivity index (χ3v) is 2.55. The van der Waals surface area contributed by atoms with Crippen molar-refractivity contribution in [2.24, 2.45) is 5.73 Å². The molecular formula is C13H12F2N2. The summed E-state index contributed by atoms with van der Waals surface area (Å²) in [5.41, 5.74) is 7.47. The summed E-state index contributed by atoms with van der Waals surface area (Å²) in [5.74, 6) is -1.73. The van der Waals surface area contributed by atoms with Crippen LogP contribution in [-0.4, -0.2) is 4.98 Å². The van der Waals surface area contributed by atoms with E-state index in [4.69, 9.17) is 5.73 Å². The lowest BCUT2D eigenvalue weighted by Gasteiger charge is -2.12. The van der Waals surface area contributed by atoms with Gasteiger partial charge < -0.3 is 5.73 Å². The van der Waals surface area contributed by atoms with Crippen LogP contribution in [0.1, 0.15) is 17.2 Å². The third kappa shape index (κ3) is 2.85. The Balaban J connectivity index is 2.14. The lowest BCUT2D eigenvalue weighted by atomic mass is 10.0. The van der Waals surface area contributed by atoms with E-state index in [2.05, 4.69) is 4.98 Å². The van der Waals surface area contributed by atoms with Crippen molar-refractivity contribution in [3.8, 4) is 0 Å². The Morgan fingerprint density at radius 1 is 1.18 bits per heavy atom. The Labute approximate surface area is 98.1 Å². The Kier molecular flexibility index (Phi) is 3.44. The van der Waals surface area contributed by atoms with Crippen LogP contribution in [0.25, 0.3) is 0 Å². The van der Waals surface area contributed by atoms with E-state index in [-0.39, 0.29) is 6.04 Å². The molecule has 88 valence electrons. The molecule has 0 amide bonds. The average molecular weight is 234 g/mol. The largest absolute Gasteiger partial charge is 0.324 e. The molecule has 2 nitrogen and oxygen atoms in total. The van der Waals surface area contributed by atoms with Crippen molar-refractivity contribution in [1.82, 2.24) is 4.98 Å². The van der Waals surface area contributed by atoms with E-state index in [0.29, 0.717) is 12.0 Å². The number of rotatable bonds is 3. The van der Waals surface area contributed by atoms with Crippen LogP contribution in [0.3, 0.4) is 0 Å². The van der Waals surface area contributed by atoms with Crippen LogP contribution < -0.4 is 5.73 Å². The van der Waals surface area contributed by atoms with E-state index in [1.165, 1.54) is 6.07 Å². The van der Waals surface area contributed by atoms with Gasteiger partial charge in [0.1, 0.15) is 0 Å². The summed E-state index contributed by atoms with van der Waals surface area (Å²) in [6.07, 6.45) is 3.92. The highest BCUT2D eigenvalue weighted by atomic mass is 19.2. The highest BCUT2D eigenvalue weighted by Gasteiger charge is 2.10. The van der Waals surface area contributed by atoms with Gasteiger partial charge in [0.25, 0.3) is 0 Å². The maximum atomic E-state index is 13.0. The molecule has 1 unspecified atom stereocenters. The molecule has 1 aromatic carbocycles. The summed E-state index contributed by atoms with van der Waals surface area (Å²) in [6, 6.07) is 7.07. The van der Waals surface area contributed by atoms with Crippen molar-refractivity contribution in [2.45, 2.75) is 12.5 Å². The van der Waals surface area contributed by atoms with Crippen LogP contribution in [0.2, 0.25) is 0 Å². The van der Waals surface area contributed by atoms with Gasteiger partial charge in [-0.05, 0) is 35.7 Å². The molecule has 0 radical (unpaired) electrons. The molecule has 0 aliphatic heterocycles. The zero-order chi connectivity index (χ0) is 12.3. The number of aromatic nitrogens is 1. The van der Waals surface area contributed by atoms with Crippen molar-refractivity contribution in [1.29, 1.82) is 0 Å². The average Bonchev–Trinajstić information content (AvgIpc) is 2.34. The van der Waals surface area contributed by atoms with Gasteiger partial charge >= 0.3 is 0 Å². The van der Waals surface area contributed by atoms with Crippen LogP contribution >= 0.6 is 0 Å². The minimum absolute atomic E-state index is 0.366. The maximum absolute atomic E-state index is 13.0. The molecular weight excluding hydrogens is 222 g/mol. The van der Waals surface area contributed by atoms with Crippen LogP contribution in [0.4, 0.5) is 8.78 Å². The first-order valence-electron chi connectivity index (χ1n) is 5.26. The molecule has 0 aliphatic rings. The minimum atomic E-state index is -0.871.